The molecule has 1 aliphatic heterocycles. The van der Waals surface area contributed by atoms with Crippen LogP contribution in [0, 0.1) is 20.8 Å². The third-order valence-corrected chi connectivity index (χ3v) is 5.56. The monoisotopic (exact) mass is 395 g/mol. The Bertz CT molecular complexity index is 1050. The van der Waals surface area contributed by atoms with Crippen molar-refractivity contribution in [2.75, 3.05) is 26.2 Å². The number of rotatable bonds is 4. The summed E-state index contributed by atoms with van der Waals surface area (Å²) in [5.74, 6) is 0.0574. The van der Waals surface area contributed by atoms with Crippen LogP contribution >= 0.6 is 0 Å². The minimum atomic E-state index is -0.0500. The average molecular weight is 395 g/mol. The number of aryl methyl sites for hydroxylation is 3. The van der Waals surface area contributed by atoms with Gasteiger partial charge in [-0.15, -0.1) is 0 Å². The van der Waals surface area contributed by atoms with Crippen molar-refractivity contribution in [3.05, 3.63) is 52.9 Å². The van der Waals surface area contributed by atoms with E-state index in [1.54, 1.807) is 11.0 Å². The number of hydrogen-bond donors (Lipinski definition) is 0. The Morgan fingerprint density at radius 3 is 2.52 bits per heavy atom. The van der Waals surface area contributed by atoms with Gasteiger partial charge in [-0.25, -0.2) is 9.50 Å². The molecule has 4 rings (SSSR count). The van der Waals surface area contributed by atoms with Crippen LogP contribution in [-0.2, 0) is 11.2 Å². The SMILES string of the molecule is Cc1cc2nc(C)c(CCC(=O)N3CCN(C(=O)c4ccoc4)CC3)c(C)n2n1. The van der Waals surface area contributed by atoms with Crippen LogP contribution in [0.3, 0.4) is 0 Å². The first kappa shape index (κ1) is 19.2. The summed E-state index contributed by atoms with van der Waals surface area (Å²) in [6.45, 7) is 8.13. The minimum Gasteiger partial charge on any atom is -0.472 e. The average Bonchev–Trinajstić information content (AvgIpc) is 3.37. The fourth-order valence-electron chi connectivity index (χ4n) is 3.92. The van der Waals surface area contributed by atoms with E-state index in [0.29, 0.717) is 44.6 Å². The van der Waals surface area contributed by atoms with Crippen molar-refractivity contribution in [1.29, 1.82) is 0 Å². The number of hydrogen-bond acceptors (Lipinski definition) is 5. The lowest BCUT2D eigenvalue weighted by molar-refractivity contribution is -0.132. The zero-order chi connectivity index (χ0) is 20.5. The predicted octanol–water partition coefficient (Wildman–Crippen LogP) is 2.16. The van der Waals surface area contributed by atoms with E-state index in [2.05, 4.69) is 10.1 Å². The molecule has 0 atom stereocenters. The summed E-state index contributed by atoms with van der Waals surface area (Å²) in [4.78, 5) is 33.3. The van der Waals surface area contributed by atoms with E-state index < -0.39 is 0 Å². The second-order valence-electron chi connectivity index (χ2n) is 7.50. The Labute approximate surface area is 169 Å². The van der Waals surface area contributed by atoms with Crippen molar-refractivity contribution in [2.24, 2.45) is 0 Å². The Morgan fingerprint density at radius 2 is 1.83 bits per heavy atom. The molecule has 0 aromatic carbocycles. The molecule has 0 unspecified atom stereocenters. The van der Waals surface area contributed by atoms with Crippen LogP contribution in [-0.4, -0.2) is 62.4 Å². The lowest BCUT2D eigenvalue weighted by Crippen LogP contribution is -2.50. The highest BCUT2D eigenvalue weighted by molar-refractivity contribution is 5.94. The molecule has 0 saturated carbocycles. The molecule has 1 aliphatic rings. The smallest absolute Gasteiger partial charge is 0.257 e. The van der Waals surface area contributed by atoms with Gasteiger partial charge in [0.05, 0.1) is 17.5 Å². The van der Waals surface area contributed by atoms with Crippen LogP contribution < -0.4 is 0 Å². The molecule has 3 aromatic rings. The molecule has 4 heterocycles. The normalized spacial score (nSPS) is 14.6. The van der Waals surface area contributed by atoms with Crippen LogP contribution in [0.15, 0.2) is 29.1 Å². The van der Waals surface area contributed by atoms with E-state index in [1.807, 2.05) is 36.3 Å². The van der Waals surface area contributed by atoms with Gasteiger partial charge in [0.25, 0.3) is 5.91 Å². The predicted molar refractivity (Wildman–Crippen MR) is 107 cm³/mol. The van der Waals surface area contributed by atoms with Crippen LogP contribution in [0.1, 0.15) is 39.4 Å². The zero-order valence-corrected chi connectivity index (χ0v) is 17.0. The standard InChI is InChI=1S/C21H25N5O3/c1-14-12-19-22-15(2)18(16(3)26(19)23-14)4-5-20(27)24-7-9-25(10-8-24)21(28)17-6-11-29-13-17/h6,11-13H,4-5,7-10H2,1-3H3. The summed E-state index contributed by atoms with van der Waals surface area (Å²) in [5, 5.41) is 4.49. The molecule has 8 heteroatoms. The number of piperazine rings is 1. The van der Waals surface area contributed by atoms with E-state index in [9.17, 15) is 9.59 Å². The molecule has 0 spiro atoms. The van der Waals surface area contributed by atoms with Gasteiger partial charge >= 0.3 is 0 Å². The maximum absolute atomic E-state index is 12.7. The van der Waals surface area contributed by atoms with E-state index in [0.717, 1.165) is 28.3 Å². The first-order valence-electron chi connectivity index (χ1n) is 9.85. The van der Waals surface area contributed by atoms with E-state index in [1.165, 1.54) is 12.5 Å². The molecule has 29 heavy (non-hydrogen) atoms. The molecular formula is C21H25N5O3. The van der Waals surface area contributed by atoms with Crippen LogP contribution in [0.5, 0.6) is 0 Å². The van der Waals surface area contributed by atoms with Crippen LogP contribution in [0.25, 0.3) is 5.65 Å². The number of carbonyl (C=O) groups is 2. The second kappa shape index (κ2) is 7.69. The van der Waals surface area contributed by atoms with E-state index in [4.69, 9.17) is 4.42 Å². The van der Waals surface area contributed by atoms with Gasteiger partial charge in [0.2, 0.25) is 5.91 Å². The Balaban J connectivity index is 1.36. The quantitative estimate of drug-likeness (QED) is 0.676. The summed E-state index contributed by atoms with van der Waals surface area (Å²) >= 11 is 0. The molecular weight excluding hydrogens is 370 g/mol. The van der Waals surface area contributed by atoms with E-state index >= 15 is 0 Å². The molecule has 3 aromatic heterocycles. The van der Waals surface area contributed by atoms with Crippen molar-refractivity contribution in [2.45, 2.75) is 33.6 Å². The molecule has 0 radical (unpaired) electrons. The fourth-order valence-corrected chi connectivity index (χ4v) is 3.92. The summed E-state index contributed by atoms with van der Waals surface area (Å²) < 4.78 is 6.83. The highest BCUT2D eigenvalue weighted by Crippen LogP contribution is 2.18. The van der Waals surface area contributed by atoms with Crippen LogP contribution in [0.4, 0.5) is 0 Å². The number of furan rings is 1. The van der Waals surface area contributed by atoms with Crippen molar-refractivity contribution in [3.63, 3.8) is 0 Å². The summed E-state index contributed by atoms with van der Waals surface area (Å²) in [5.41, 5.74) is 5.36. The van der Waals surface area contributed by atoms with Gasteiger partial charge in [0, 0.05) is 50.1 Å². The number of amides is 2. The number of fused-ring (bicyclic) bond motifs is 1. The van der Waals surface area contributed by atoms with Crippen molar-refractivity contribution in [1.82, 2.24) is 24.4 Å². The lowest BCUT2D eigenvalue weighted by Gasteiger charge is -2.34. The van der Waals surface area contributed by atoms with Gasteiger partial charge in [-0.3, -0.25) is 9.59 Å². The highest BCUT2D eigenvalue weighted by atomic mass is 16.3. The van der Waals surface area contributed by atoms with Crippen molar-refractivity contribution < 1.29 is 14.0 Å². The van der Waals surface area contributed by atoms with Crippen molar-refractivity contribution in [3.8, 4) is 0 Å². The maximum Gasteiger partial charge on any atom is 0.257 e. The number of carbonyl (C=O) groups excluding carboxylic acids is 2. The fraction of sp³-hybridized carbons (Fsp3) is 0.429. The molecule has 0 aliphatic carbocycles. The Morgan fingerprint density at radius 1 is 1.10 bits per heavy atom. The third-order valence-electron chi connectivity index (χ3n) is 5.56. The largest absolute Gasteiger partial charge is 0.472 e. The van der Waals surface area contributed by atoms with E-state index in [-0.39, 0.29) is 11.8 Å². The number of aromatic nitrogens is 3. The zero-order valence-electron chi connectivity index (χ0n) is 17.0. The molecule has 2 amide bonds. The third kappa shape index (κ3) is 3.74. The number of nitrogens with zero attached hydrogens (tertiary/aromatic N) is 5. The first-order valence-corrected chi connectivity index (χ1v) is 9.85. The van der Waals surface area contributed by atoms with Gasteiger partial charge in [-0.2, -0.15) is 5.10 Å². The lowest BCUT2D eigenvalue weighted by atomic mass is 10.1. The molecule has 1 fully saturated rings. The Kier molecular flexibility index (Phi) is 5.08. The first-order chi connectivity index (χ1) is 13.9. The van der Waals surface area contributed by atoms with Gasteiger partial charge in [-0.1, -0.05) is 0 Å². The second-order valence-corrected chi connectivity index (χ2v) is 7.50. The summed E-state index contributed by atoms with van der Waals surface area (Å²) in [6, 6.07) is 3.62. The molecule has 152 valence electrons. The van der Waals surface area contributed by atoms with Gasteiger partial charge in [0.15, 0.2) is 5.65 Å². The summed E-state index contributed by atoms with van der Waals surface area (Å²) in [6.07, 6.45) is 4.00. The molecule has 1 saturated heterocycles. The molecule has 0 N–H and O–H groups in total. The van der Waals surface area contributed by atoms with Crippen molar-refractivity contribution >= 4 is 17.5 Å². The van der Waals surface area contributed by atoms with Gasteiger partial charge in [0.1, 0.15) is 6.26 Å². The van der Waals surface area contributed by atoms with Gasteiger partial charge < -0.3 is 14.2 Å². The Hall–Kier alpha value is -3.16. The maximum atomic E-state index is 12.7. The summed E-state index contributed by atoms with van der Waals surface area (Å²) in [7, 11) is 0. The minimum absolute atomic E-state index is 0.0500. The molecule has 8 nitrogen and oxygen atoms in total. The van der Waals surface area contributed by atoms with Gasteiger partial charge in [-0.05, 0) is 38.8 Å². The topological polar surface area (TPSA) is 84.0 Å². The highest BCUT2D eigenvalue weighted by Gasteiger charge is 2.25. The molecule has 0 bridgehead atoms. The van der Waals surface area contributed by atoms with Crippen LogP contribution in [0.2, 0.25) is 0 Å².